The van der Waals surface area contributed by atoms with Gasteiger partial charge in [0.2, 0.25) is 10.0 Å². The van der Waals surface area contributed by atoms with E-state index in [1.165, 1.54) is 10.4 Å². The molecule has 2 aliphatic heterocycles. The van der Waals surface area contributed by atoms with E-state index in [1.54, 1.807) is 19.1 Å². The number of para-hydroxylation sites is 2. The topological polar surface area (TPSA) is 94.2 Å². The Hall–Kier alpha value is -2.62. The fourth-order valence-electron chi connectivity index (χ4n) is 3.42. The Morgan fingerprint density at radius 1 is 1.13 bits per heavy atom. The number of nitrogens with zero attached hydrogens (tertiary/aromatic N) is 1. The number of hydrogen-bond donors (Lipinski definition) is 1. The molecule has 2 aromatic rings. The third-order valence-corrected chi connectivity index (χ3v) is 7.14. The number of fused-ring (bicyclic) bond motifs is 1. The minimum absolute atomic E-state index is 0.142. The van der Waals surface area contributed by atoms with E-state index < -0.39 is 10.0 Å². The summed E-state index contributed by atoms with van der Waals surface area (Å²) in [4.78, 5) is 12.8. The molecule has 1 amide bonds. The van der Waals surface area contributed by atoms with Crippen LogP contribution in [-0.4, -0.2) is 64.2 Å². The lowest BCUT2D eigenvalue weighted by Crippen LogP contribution is -2.41. The van der Waals surface area contributed by atoms with Crippen LogP contribution >= 0.6 is 0 Å². The van der Waals surface area contributed by atoms with Crippen molar-refractivity contribution in [2.24, 2.45) is 0 Å². The standard InChI is InChI=1S/C21H24N2O6S/c1-15-6-7-16(12-20(15)30(25,26)23-8-10-27-11-9-23)21(24)22-13-17-14-28-18-4-2-3-5-19(18)29-17/h2-7,12,17H,8-11,13-14H2,1H3,(H,22,24)/t17-/m0/s1. The number of carbonyl (C=O) groups is 1. The van der Waals surface area contributed by atoms with E-state index in [0.29, 0.717) is 50.0 Å². The number of ether oxygens (including phenoxy) is 3. The molecule has 2 heterocycles. The molecule has 0 spiro atoms. The molecule has 0 radical (unpaired) electrons. The van der Waals surface area contributed by atoms with Gasteiger partial charge in [-0.25, -0.2) is 8.42 Å². The number of rotatable bonds is 5. The van der Waals surface area contributed by atoms with Crippen molar-refractivity contribution < 1.29 is 27.4 Å². The largest absolute Gasteiger partial charge is 0.486 e. The molecule has 1 fully saturated rings. The highest BCUT2D eigenvalue weighted by atomic mass is 32.2. The van der Waals surface area contributed by atoms with Crippen LogP contribution in [-0.2, 0) is 14.8 Å². The van der Waals surface area contributed by atoms with Crippen molar-refractivity contribution in [2.45, 2.75) is 17.9 Å². The molecule has 1 saturated heterocycles. The second kappa shape index (κ2) is 8.63. The van der Waals surface area contributed by atoms with Crippen LogP contribution in [0.25, 0.3) is 0 Å². The zero-order valence-electron chi connectivity index (χ0n) is 16.7. The Labute approximate surface area is 175 Å². The van der Waals surface area contributed by atoms with Crippen molar-refractivity contribution in [1.29, 1.82) is 0 Å². The summed E-state index contributed by atoms with van der Waals surface area (Å²) >= 11 is 0. The summed E-state index contributed by atoms with van der Waals surface area (Å²) in [6, 6.07) is 12.1. The second-order valence-electron chi connectivity index (χ2n) is 7.20. The van der Waals surface area contributed by atoms with Crippen molar-refractivity contribution in [2.75, 3.05) is 39.5 Å². The molecule has 0 aliphatic carbocycles. The zero-order chi connectivity index (χ0) is 21.1. The fraction of sp³-hybridized carbons (Fsp3) is 0.381. The second-order valence-corrected chi connectivity index (χ2v) is 9.11. The number of hydrogen-bond acceptors (Lipinski definition) is 6. The molecule has 1 N–H and O–H groups in total. The summed E-state index contributed by atoms with van der Waals surface area (Å²) in [6.45, 7) is 3.63. The van der Waals surface area contributed by atoms with Gasteiger partial charge >= 0.3 is 0 Å². The molecule has 0 saturated carbocycles. The predicted molar refractivity (Wildman–Crippen MR) is 109 cm³/mol. The van der Waals surface area contributed by atoms with Gasteiger partial charge in [-0.3, -0.25) is 4.79 Å². The van der Waals surface area contributed by atoms with Crippen molar-refractivity contribution in [1.82, 2.24) is 9.62 Å². The summed E-state index contributed by atoms with van der Waals surface area (Å²) in [5.74, 6) is 0.949. The highest BCUT2D eigenvalue weighted by molar-refractivity contribution is 7.89. The molecule has 8 nitrogen and oxygen atoms in total. The summed E-state index contributed by atoms with van der Waals surface area (Å²) in [7, 11) is -3.69. The van der Waals surface area contributed by atoms with Crippen LogP contribution in [0.15, 0.2) is 47.4 Å². The maximum atomic E-state index is 13.0. The molecule has 0 aromatic heterocycles. The summed E-state index contributed by atoms with van der Waals surface area (Å²) in [5.41, 5.74) is 0.878. The van der Waals surface area contributed by atoms with Gasteiger partial charge in [0.25, 0.3) is 5.91 Å². The third-order valence-electron chi connectivity index (χ3n) is 5.10. The van der Waals surface area contributed by atoms with Gasteiger partial charge in [-0.15, -0.1) is 0 Å². The Morgan fingerprint density at radius 2 is 1.87 bits per heavy atom. The first kappa shape index (κ1) is 20.6. The van der Waals surface area contributed by atoms with Gasteiger partial charge in [0.1, 0.15) is 12.7 Å². The molecule has 2 aromatic carbocycles. The van der Waals surface area contributed by atoms with Gasteiger partial charge < -0.3 is 19.5 Å². The fourth-order valence-corrected chi connectivity index (χ4v) is 5.08. The van der Waals surface area contributed by atoms with Crippen molar-refractivity contribution in [3.63, 3.8) is 0 Å². The third kappa shape index (κ3) is 4.28. The molecule has 9 heteroatoms. The van der Waals surface area contributed by atoms with Crippen molar-refractivity contribution >= 4 is 15.9 Å². The quantitative estimate of drug-likeness (QED) is 0.771. The number of aryl methyl sites for hydroxylation is 1. The monoisotopic (exact) mass is 432 g/mol. The Kier molecular flexibility index (Phi) is 5.94. The number of sulfonamides is 1. The van der Waals surface area contributed by atoms with Crippen molar-refractivity contribution in [3.8, 4) is 11.5 Å². The lowest BCUT2D eigenvalue weighted by molar-refractivity contribution is 0.0730. The van der Waals surface area contributed by atoms with Gasteiger partial charge in [-0.1, -0.05) is 18.2 Å². The summed E-state index contributed by atoms with van der Waals surface area (Å²) in [6.07, 6.45) is -0.328. The van der Waals surface area contributed by atoms with Crippen LogP contribution in [0.2, 0.25) is 0 Å². The number of nitrogens with one attached hydrogen (secondary N) is 1. The maximum Gasteiger partial charge on any atom is 0.251 e. The molecule has 160 valence electrons. The van der Waals surface area contributed by atoms with Gasteiger partial charge in [0.05, 0.1) is 24.7 Å². The molecule has 1 atom stereocenters. The number of amides is 1. The minimum atomic E-state index is -3.69. The normalized spacial score (nSPS) is 19.3. The first-order valence-electron chi connectivity index (χ1n) is 9.80. The summed E-state index contributed by atoms with van der Waals surface area (Å²) in [5, 5.41) is 2.80. The lowest BCUT2D eigenvalue weighted by atomic mass is 10.1. The van der Waals surface area contributed by atoms with Crippen LogP contribution in [0.1, 0.15) is 15.9 Å². The molecule has 2 aliphatic rings. The molecule has 4 rings (SSSR count). The number of carbonyl (C=O) groups excluding carboxylic acids is 1. The Balaban J connectivity index is 1.44. The van der Waals surface area contributed by atoms with Crippen LogP contribution in [0, 0.1) is 6.92 Å². The Morgan fingerprint density at radius 3 is 2.63 bits per heavy atom. The van der Waals surface area contributed by atoms with E-state index in [9.17, 15) is 13.2 Å². The first-order valence-corrected chi connectivity index (χ1v) is 11.2. The van der Waals surface area contributed by atoms with Gasteiger partial charge in [0, 0.05) is 18.7 Å². The van der Waals surface area contributed by atoms with E-state index in [0.717, 1.165) is 0 Å². The van der Waals surface area contributed by atoms with E-state index in [1.807, 2.05) is 24.3 Å². The molecule has 30 heavy (non-hydrogen) atoms. The first-order chi connectivity index (χ1) is 14.4. The van der Waals surface area contributed by atoms with Gasteiger partial charge in [0.15, 0.2) is 11.5 Å². The smallest absolute Gasteiger partial charge is 0.251 e. The minimum Gasteiger partial charge on any atom is -0.486 e. The molecular formula is C21H24N2O6S. The lowest BCUT2D eigenvalue weighted by Gasteiger charge is -2.27. The summed E-state index contributed by atoms with van der Waals surface area (Å²) < 4.78 is 44.1. The average molecular weight is 432 g/mol. The van der Waals surface area contributed by atoms with Crippen molar-refractivity contribution in [3.05, 3.63) is 53.6 Å². The molecular weight excluding hydrogens is 408 g/mol. The SMILES string of the molecule is Cc1ccc(C(=O)NC[C@H]2COc3ccccc3O2)cc1S(=O)(=O)N1CCOCC1. The number of benzene rings is 2. The Bertz CT molecular complexity index is 1030. The van der Waals surface area contributed by atoms with E-state index in [-0.39, 0.29) is 29.0 Å². The van der Waals surface area contributed by atoms with E-state index in [4.69, 9.17) is 14.2 Å². The zero-order valence-corrected chi connectivity index (χ0v) is 17.5. The van der Waals surface area contributed by atoms with Gasteiger partial charge in [-0.2, -0.15) is 4.31 Å². The molecule has 0 unspecified atom stereocenters. The van der Waals surface area contributed by atoms with Crippen LogP contribution in [0.5, 0.6) is 11.5 Å². The highest BCUT2D eigenvalue weighted by Crippen LogP contribution is 2.30. The number of morpholine rings is 1. The van der Waals surface area contributed by atoms with Crippen LogP contribution in [0.3, 0.4) is 0 Å². The van der Waals surface area contributed by atoms with Gasteiger partial charge in [-0.05, 0) is 36.8 Å². The maximum absolute atomic E-state index is 13.0. The van der Waals surface area contributed by atoms with Crippen LogP contribution in [0.4, 0.5) is 0 Å². The highest BCUT2D eigenvalue weighted by Gasteiger charge is 2.28. The van der Waals surface area contributed by atoms with E-state index in [2.05, 4.69) is 5.32 Å². The van der Waals surface area contributed by atoms with Crippen LogP contribution < -0.4 is 14.8 Å². The average Bonchev–Trinajstić information content (AvgIpc) is 2.78. The molecule has 0 bridgehead atoms. The predicted octanol–water partition coefficient (Wildman–Crippen LogP) is 1.59. The van der Waals surface area contributed by atoms with E-state index >= 15 is 0 Å².